The van der Waals surface area contributed by atoms with E-state index in [-0.39, 0.29) is 0 Å². The van der Waals surface area contributed by atoms with Crippen LogP contribution in [0.15, 0.2) is 24.5 Å². The predicted molar refractivity (Wildman–Crippen MR) is 86.1 cm³/mol. The average molecular weight is 357 g/mol. The second kappa shape index (κ2) is 7.43. The third kappa shape index (κ3) is 4.41. The summed E-state index contributed by atoms with van der Waals surface area (Å²) in [5, 5.41) is 6.41. The van der Waals surface area contributed by atoms with Crippen molar-refractivity contribution in [1.29, 1.82) is 0 Å². The normalized spacial score (nSPS) is 16.5. The number of rotatable bonds is 5. The van der Waals surface area contributed by atoms with Crippen molar-refractivity contribution in [3.8, 4) is 0 Å². The van der Waals surface area contributed by atoms with Crippen LogP contribution in [0, 0.1) is 0 Å². The molecule has 0 bridgehead atoms. The maximum atomic E-state index is 12.6. The number of hydrogen-bond donors (Lipinski definition) is 0. The quantitative estimate of drug-likeness (QED) is 0.823. The van der Waals surface area contributed by atoms with Crippen LogP contribution in [-0.4, -0.2) is 52.8 Å². The first-order chi connectivity index (χ1) is 11.5. The van der Waals surface area contributed by atoms with E-state index in [0.29, 0.717) is 29.6 Å². The Morgan fingerprint density at radius 3 is 2.54 bits per heavy atom. The van der Waals surface area contributed by atoms with Crippen LogP contribution in [-0.2, 0) is 12.6 Å². The number of hydrogen-bond acceptors (Lipinski definition) is 6. The Hall–Kier alpha value is -1.74. The first kappa shape index (κ1) is 17.1. The molecule has 5 nitrogen and oxygen atoms in total. The Morgan fingerprint density at radius 2 is 1.92 bits per heavy atom. The first-order valence-corrected chi connectivity index (χ1v) is 8.61. The molecule has 1 aliphatic rings. The van der Waals surface area contributed by atoms with Crippen molar-refractivity contribution < 1.29 is 13.2 Å². The highest BCUT2D eigenvalue weighted by Gasteiger charge is 2.36. The maximum absolute atomic E-state index is 12.6. The number of alkyl halides is 3. The van der Waals surface area contributed by atoms with Crippen LogP contribution in [0.4, 0.5) is 18.3 Å². The summed E-state index contributed by atoms with van der Waals surface area (Å²) in [6, 6.07) is 4.00. The molecule has 0 radical (unpaired) electrons. The molecule has 0 N–H and O–H groups in total. The summed E-state index contributed by atoms with van der Waals surface area (Å²) < 4.78 is 37.8. The van der Waals surface area contributed by atoms with Crippen molar-refractivity contribution in [3.63, 3.8) is 0 Å². The number of halogens is 3. The number of pyridine rings is 1. The monoisotopic (exact) mass is 357 g/mol. The summed E-state index contributed by atoms with van der Waals surface area (Å²) in [5.74, 6) is 0. The molecule has 0 saturated carbocycles. The summed E-state index contributed by atoms with van der Waals surface area (Å²) in [6.07, 6.45) is 1.26. The van der Waals surface area contributed by atoms with Crippen molar-refractivity contribution in [1.82, 2.24) is 20.1 Å². The third-order valence-corrected chi connectivity index (χ3v) is 4.99. The van der Waals surface area contributed by atoms with Crippen molar-refractivity contribution in [2.24, 2.45) is 0 Å². The van der Waals surface area contributed by atoms with E-state index in [9.17, 15) is 13.2 Å². The molecule has 3 rings (SSSR count). The molecule has 0 spiro atoms. The Bertz CT molecular complexity index is 638. The smallest absolute Gasteiger partial charge is 0.344 e. The second-order valence-electron chi connectivity index (χ2n) is 5.68. The van der Waals surface area contributed by atoms with Gasteiger partial charge in [-0.1, -0.05) is 17.4 Å². The lowest BCUT2D eigenvalue weighted by atomic mass is 10.1. The Morgan fingerprint density at radius 1 is 1.12 bits per heavy atom. The van der Waals surface area contributed by atoms with Crippen LogP contribution in [0.1, 0.15) is 17.0 Å². The standard InChI is InChI=1S/C15H18F3N5S/c16-15(17,18)13-20-21-14(24-13)23-9-7-22(8-10-23)6-2-4-12-3-1-5-19-11-12/h1,3,5,11H,2,4,6-10H2. The van der Waals surface area contributed by atoms with Crippen molar-refractivity contribution in [2.75, 3.05) is 37.6 Å². The van der Waals surface area contributed by atoms with Gasteiger partial charge in [0, 0.05) is 38.6 Å². The summed E-state index contributed by atoms with van der Waals surface area (Å²) in [7, 11) is 0. The largest absolute Gasteiger partial charge is 0.445 e. The van der Waals surface area contributed by atoms with Crippen molar-refractivity contribution in [2.45, 2.75) is 19.0 Å². The fourth-order valence-corrected chi connectivity index (χ4v) is 3.44. The van der Waals surface area contributed by atoms with Gasteiger partial charge in [-0.25, -0.2) is 0 Å². The van der Waals surface area contributed by atoms with E-state index >= 15 is 0 Å². The SMILES string of the molecule is FC(F)(F)c1nnc(N2CCN(CCCc3cccnc3)CC2)s1. The molecule has 0 amide bonds. The van der Waals surface area contributed by atoms with Gasteiger partial charge in [0.2, 0.25) is 10.1 Å². The van der Waals surface area contributed by atoms with E-state index in [1.165, 1.54) is 5.56 Å². The lowest BCUT2D eigenvalue weighted by Gasteiger charge is -2.34. The Kier molecular flexibility index (Phi) is 5.30. The summed E-state index contributed by atoms with van der Waals surface area (Å²) in [5.41, 5.74) is 1.23. The summed E-state index contributed by atoms with van der Waals surface area (Å²) in [4.78, 5) is 8.31. The Balaban J connectivity index is 1.43. The van der Waals surface area contributed by atoms with Gasteiger partial charge in [0.25, 0.3) is 0 Å². The molecule has 1 saturated heterocycles. The van der Waals surface area contributed by atoms with Gasteiger partial charge in [0.15, 0.2) is 0 Å². The molecule has 1 fully saturated rings. The number of anilines is 1. The van der Waals surface area contributed by atoms with Gasteiger partial charge in [-0.05, 0) is 31.0 Å². The molecule has 2 aromatic rings. The zero-order valence-corrected chi connectivity index (χ0v) is 13.9. The van der Waals surface area contributed by atoms with Gasteiger partial charge in [0.1, 0.15) is 0 Å². The fourth-order valence-electron chi connectivity index (χ4n) is 2.67. The zero-order chi connectivity index (χ0) is 17.0. The summed E-state index contributed by atoms with van der Waals surface area (Å²) >= 11 is 0.616. The molecule has 0 aliphatic carbocycles. The minimum absolute atomic E-state index is 0.359. The second-order valence-corrected chi connectivity index (χ2v) is 6.64. The van der Waals surface area contributed by atoms with E-state index in [0.717, 1.165) is 32.5 Å². The van der Waals surface area contributed by atoms with E-state index < -0.39 is 11.2 Å². The summed E-state index contributed by atoms with van der Waals surface area (Å²) in [6.45, 7) is 3.99. The van der Waals surface area contributed by atoms with E-state index in [4.69, 9.17) is 0 Å². The van der Waals surface area contributed by atoms with Crippen LogP contribution >= 0.6 is 11.3 Å². The first-order valence-electron chi connectivity index (χ1n) is 7.79. The molecule has 24 heavy (non-hydrogen) atoms. The molecular formula is C15H18F3N5S. The highest BCUT2D eigenvalue weighted by atomic mass is 32.1. The van der Waals surface area contributed by atoms with Gasteiger partial charge in [-0.2, -0.15) is 13.2 Å². The van der Waals surface area contributed by atoms with Crippen molar-refractivity contribution >= 4 is 16.5 Å². The van der Waals surface area contributed by atoms with E-state index in [1.807, 2.05) is 17.2 Å². The fraction of sp³-hybridized carbons (Fsp3) is 0.533. The van der Waals surface area contributed by atoms with Crippen LogP contribution < -0.4 is 4.90 Å². The molecule has 3 heterocycles. The average Bonchev–Trinajstić information content (AvgIpc) is 3.07. The van der Waals surface area contributed by atoms with Gasteiger partial charge in [-0.3, -0.25) is 9.88 Å². The van der Waals surface area contributed by atoms with Gasteiger partial charge in [-0.15, -0.1) is 10.2 Å². The number of piperazine rings is 1. The lowest BCUT2D eigenvalue weighted by molar-refractivity contribution is -0.138. The molecule has 0 atom stereocenters. The highest BCUT2D eigenvalue weighted by molar-refractivity contribution is 7.15. The van der Waals surface area contributed by atoms with E-state index in [1.54, 1.807) is 6.20 Å². The third-order valence-electron chi connectivity index (χ3n) is 3.96. The highest BCUT2D eigenvalue weighted by Crippen LogP contribution is 2.34. The molecule has 0 aromatic carbocycles. The molecule has 2 aromatic heterocycles. The van der Waals surface area contributed by atoms with E-state index in [2.05, 4.69) is 26.1 Å². The molecule has 0 unspecified atom stereocenters. The topological polar surface area (TPSA) is 45.2 Å². The zero-order valence-electron chi connectivity index (χ0n) is 13.0. The lowest BCUT2D eigenvalue weighted by Crippen LogP contribution is -2.46. The van der Waals surface area contributed by atoms with Gasteiger partial charge >= 0.3 is 6.18 Å². The molecular weight excluding hydrogens is 339 g/mol. The van der Waals surface area contributed by atoms with Crippen LogP contribution in [0.25, 0.3) is 0 Å². The van der Waals surface area contributed by atoms with Crippen LogP contribution in [0.3, 0.4) is 0 Å². The van der Waals surface area contributed by atoms with Crippen molar-refractivity contribution in [3.05, 3.63) is 35.1 Å². The predicted octanol–water partition coefficient (Wildman–Crippen LogP) is 2.71. The number of aromatic nitrogens is 3. The van der Waals surface area contributed by atoms with Crippen LogP contribution in [0.5, 0.6) is 0 Å². The van der Waals surface area contributed by atoms with Gasteiger partial charge in [0.05, 0.1) is 0 Å². The maximum Gasteiger partial charge on any atom is 0.445 e. The number of nitrogens with zero attached hydrogens (tertiary/aromatic N) is 5. The minimum Gasteiger partial charge on any atom is -0.344 e. The minimum atomic E-state index is -4.41. The van der Waals surface area contributed by atoms with Crippen LogP contribution in [0.2, 0.25) is 0 Å². The molecule has 130 valence electrons. The molecule has 1 aliphatic heterocycles. The molecule has 9 heteroatoms. The van der Waals surface area contributed by atoms with Gasteiger partial charge < -0.3 is 4.90 Å². The number of aryl methyl sites for hydroxylation is 1. The Labute approximate surface area is 142 Å².